The molecule has 0 aliphatic carbocycles. The van der Waals surface area contributed by atoms with Crippen LogP contribution in [-0.2, 0) is 29.2 Å². The molecule has 0 rings (SSSR count). The van der Waals surface area contributed by atoms with Crippen molar-refractivity contribution in [2.24, 2.45) is 0 Å². The molecule has 0 aliphatic rings. The van der Waals surface area contributed by atoms with Gasteiger partial charge in [-0.25, -0.2) is 8.42 Å². The van der Waals surface area contributed by atoms with Crippen LogP contribution in [0.4, 0.5) is 43.9 Å². The molecule has 0 heterocycles. The van der Waals surface area contributed by atoms with E-state index in [1.807, 2.05) is 0 Å². The second-order valence-corrected chi connectivity index (χ2v) is 7.37. The van der Waals surface area contributed by atoms with Crippen LogP contribution in [0, 0.1) is 0 Å². The minimum atomic E-state index is -6.00. The minimum Gasteiger partial charge on any atom is -0.747 e. The third kappa shape index (κ3) is 10.8. The van der Waals surface area contributed by atoms with Crippen LogP contribution in [0.1, 0.15) is 25.7 Å². The summed E-state index contributed by atoms with van der Waals surface area (Å²) in [7, 11) is -5.63. The maximum absolute atomic E-state index is 12.7. The van der Waals surface area contributed by atoms with E-state index in [1.54, 1.807) is 0 Å². The maximum atomic E-state index is 12.7. The number of carbonyl (C=O) groups excluding carboxylic acids is 2. The van der Waals surface area contributed by atoms with Gasteiger partial charge in [-0.3, -0.25) is 9.59 Å². The van der Waals surface area contributed by atoms with Gasteiger partial charge < -0.3 is 14.0 Å². The summed E-state index contributed by atoms with van der Waals surface area (Å²) in [6, 6.07) is 0. The topological polar surface area (TPSA) is 110 Å². The molecule has 32 heavy (non-hydrogen) atoms. The zero-order valence-electron chi connectivity index (χ0n) is 15.9. The van der Waals surface area contributed by atoms with Gasteiger partial charge >= 0.3 is 65.7 Å². The number of esters is 2. The molecule has 7 nitrogen and oxygen atoms in total. The third-order valence-electron chi connectivity index (χ3n) is 3.39. The van der Waals surface area contributed by atoms with Crippen LogP contribution >= 0.6 is 0 Å². The normalized spacial score (nSPS) is 14.3. The van der Waals surface area contributed by atoms with Crippen LogP contribution < -0.4 is 29.6 Å². The van der Waals surface area contributed by atoms with Crippen LogP contribution in [0.25, 0.3) is 0 Å². The molecular weight excluding hydrogens is 513 g/mol. The van der Waals surface area contributed by atoms with Gasteiger partial charge in [0.2, 0.25) is 0 Å². The van der Waals surface area contributed by atoms with Crippen LogP contribution in [0.15, 0.2) is 0 Å². The maximum Gasteiger partial charge on any atom is 1.00 e. The predicted octanol–water partition coefficient (Wildman–Crippen LogP) is -0.0538. The average Bonchev–Trinajstić information content (AvgIpc) is 2.51. The molecule has 1 unspecified atom stereocenters. The number of alkyl halides is 10. The molecule has 0 amide bonds. The van der Waals surface area contributed by atoms with Gasteiger partial charge in [-0.2, -0.15) is 43.9 Å². The second kappa shape index (κ2) is 12.0. The first-order chi connectivity index (χ1) is 13.6. The van der Waals surface area contributed by atoms with Crippen LogP contribution in [0.5, 0.6) is 0 Å². The minimum absolute atomic E-state index is 0. The van der Waals surface area contributed by atoms with Crippen molar-refractivity contribution in [1.82, 2.24) is 0 Å². The molecule has 0 aromatic heterocycles. The average molecular weight is 526 g/mol. The molecule has 0 saturated carbocycles. The van der Waals surface area contributed by atoms with Gasteiger partial charge in [0.05, 0.1) is 26.1 Å². The van der Waals surface area contributed by atoms with E-state index in [1.165, 1.54) is 0 Å². The Morgan fingerprint density at radius 3 is 1.50 bits per heavy atom. The standard InChI is InChI=1S/C13H14F10O7S.Na/c14-10(15,12(18,19)20)3-5-29-8(24)2-1-7(31(26,27)28)9(25)30-6-4-11(16,17)13(21,22)23;/h7H,1-6H2,(H,26,27,28);/q;+1/p-1. The number of halogens is 10. The van der Waals surface area contributed by atoms with E-state index in [-0.39, 0.29) is 29.6 Å². The fourth-order valence-electron chi connectivity index (χ4n) is 1.65. The Morgan fingerprint density at radius 2 is 1.16 bits per heavy atom. The van der Waals surface area contributed by atoms with E-state index in [2.05, 4.69) is 9.47 Å². The first-order valence-corrected chi connectivity index (χ1v) is 9.25. The van der Waals surface area contributed by atoms with Gasteiger partial charge in [0, 0.05) is 6.42 Å². The van der Waals surface area contributed by atoms with E-state index >= 15 is 0 Å². The van der Waals surface area contributed by atoms with Gasteiger partial charge in [-0.15, -0.1) is 0 Å². The number of hydrogen-bond donors (Lipinski definition) is 0. The summed E-state index contributed by atoms with van der Waals surface area (Å²) in [6.45, 7) is -3.13. The van der Waals surface area contributed by atoms with Crippen molar-refractivity contribution in [3.05, 3.63) is 0 Å². The van der Waals surface area contributed by atoms with E-state index in [4.69, 9.17) is 0 Å². The third-order valence-corrected chi connectivity index (χ3v) is 4.52. The molecule has 0 saturated heterocycles. The molecule has 0 fully saturated rings. The van der Waals surface area contributed by atoms with Crippen molar-refractivity contribution >= 4 is 22.1 Å². The summed E-state index contributed by atoms with van der Waals surface area (Å²) in [5.74, 6) is -14.2. The largest absolute Gasteiger partial charge is 1.00 e. The van der Waals surface area contributed by atoms with Gasteiger partial charge in [0.15, 0.2) is 0 Å². The summed E-state index contributed by atoms with van der Waals surface area (Å²) in [6.07, 6.45) is -18.5. The van der Waals surface area contributed by atoms with Crippen molar-refractivity contribution in [1.29, 1.82) is 0 Å². The fraction of sp³-hybridized carbons (Fsp3) is 0.846. The SMILES string of the molecule is O=C(CCC(C(=O)OCCC(F)(F)C(F)(F)F)S(=O)(=O)[O-])OCCC(F)(F)C(F)(F)F.[Na+]. The van der Waals surface area contributed by atoms with E-state index in [0.717, 1.165) is 0 Å². The molecular formula is C13H13F10NaO7S. The quantitative estimate of drug-likeness (QED) is 0.161. The van der Waals surface area contributed by atoms with Crippen molar-refractivity contribution in [3.63, 3.8) is 0 Å². The number of ether oxygens (including phenoxy) is 2. The van der Waals surface area contributed by atoms with Crippen LogP contribution in [0.3, 0.4) is 0 Å². The summed E-state index contributed by atoms with van der Waals surface area (Å²) < 4.78 is 163. The molecule has 184 valence electrons. The van der Waals surface area contributed by atoms with Gasteiger partial charge in [0.1, 0.15) is 15.4 Å². The summed E-state index contributed by atoms with van der Waals surface area (Å²) in [4.78, 5) is 22.8. The van der Waals surface area contributed by atoms with E-state index < -0.39 is 90.4 Å². The van der Waals surface area contributed by atoms with Crippen molar-refractivity contribution in [2.45, 2.75) is 55.1 Å². The number of carbonyl (C=O) groups is 2. The first kappa shape index (κ1) is 33.3. The molecule has 0 spiro atoms. The van der Waals surface area contributed by atoms with Crippen molar-refractivity contribution < 1.29 is 105 Å². The Hall–Kier alpha value is -0.850. The first-order valence-electron chi connectivity index (χ1n) is 7.78. The number of hydrogen-bond acceptors (Lipinski definition) is 7. The molecule has 1 atom stereocenters. The Balaban J connectivity index is 0. The predicted molar refractivity (Wildman–Crippen MR) is 75.9 cm³/mol. The van der Waals surface area contributed by atoms with Gasteiger partial charge in [-0.05, 0) is 6.42 Å². The summed E-state index contributed by atoms with van der Waals surface area (Å²) in [5.41, 5.74) is 0. The Labute approximate surface area is 195 Å². The molecule has 0 N–H and O–H groups in total. The zero-order chi connectivity index (χ0) is 24.9. The molecule has 19 heteroatoms. The summed E-state index contributed by atoms with van der Waals surface area (Å²) >= 11 is 0. The van der Waals surface area contributed by atoms with Gasteiger partial charge in [-0.1, -0.05) is 0 Å². The Morgan fingerprint density at radius 1 is 0.781 bits per heavy atom. The smallest absolute Gasteiger partial charge is 0.747 e. The molecule has 0 radical (unpaired) electrons. The van der Waals surface area contributed by atoms with E-state index in [0.29, 0.717) is 0 Å². The summed E-state index contributed by atoms with van der Waals surface area (Å²) in [5, 5.41) is -2.77. The van der Waals surface area contributed by atoms with Crippen molar-refractivity contribution in [2.75, 3.05) is 13.2 Å². The number of rotatable bonds is 11. The van der Waals surface area contributed by atoms with Crippen LogP contribution in [-0.4, -0.2) is 67.6 Å². The molecule has 0 aromatic rings. The Kier molecular flexibility index (Phi) is 12.5. The zero-order valence-corrected chi connectivity index (χ0v) is 18.7. The fourth-order valence-corrected chi connectivity index (χ4v) is 2.36. The van der Waals surface area contributed by atoms with Gasteiger partial charge in [0.25, 0.3) is 0 Å². The monoisotopic (exact) mass is 526 g/mol. The van der Waals surface area contributed by atoms with E-state index in [9.17, 15) is 66.5 Å². The second-order valence-electron chi connectivity index (χ2n) is 5.81. The van der Waals surface area contributed by atoms with Crippen LogP contribution in [0.2, 0.25) is 0 Å². The molecule has 0 bridgehead atoms. The Bertz CT molecular complexity index is 736. The molecule has 0 aromatic carbocycles. The van der Waals surface area contributed by atoms with Crippen molar-refractivity contribution in [3.8, 4) is 0 Å². The molecule has 0 aliphatic heterocycles.